The summed E-state index contributed by atoms with van der Waals surface area (Å²) in [6, 6.07) is 7.09. The van der Waals surface area contributed by atoms with Gasteiger partial charge in [-0.1, -0.05) is 38.8 Å². The topological polar surface area (TPSA) is 64.1 Å². The van der Waals surface area contributed by atoms with Crippen LogP contribution in [0.1, 0.15) is 46.0 Å². The number of hydrogen-bond acceptors (Lipinski definition) is 3. The fourth-order valence-corrected chi connectivity index (χ4v) is 2.40. The lowest BCUT2D eigenvalue weighted by atomic mass is 10.1. The molecule has 1 unspecified atom stereocenters. The lowest BCUT2D eigenvalue weighted by molar-refractivity contribution is 0.0900. The SMILES string of the molecule is CCCCCC(CC)OC(=O)n1c(=O)[nH]c2ccccc21. The average Bonchev–Trinajstić information content (AvgIpc) is 2.82. The van der Waals surface area contributed by atoms with Crippen LogP contribution in [0.2, 0.25) is 0 Å². The number of H-pyrrole nitrogens is 1. The molecule has 1 heterocycles. The van der Waals surface area contributed by atoms with E-state index in [0.717, 1.165) is 36.7 Å². The van der Waals surface area contributed by atoms with Crippen molar-refractivity contribution in [3.05, 3.63) is 34.7 Å². The molecule has 0 bridgehead atoms. The van der Waals surface area contributed by atoms with Gasteiger partial charge in [0, 0.05) is 0 Å². The van der Waals surface area contributed by atoms with Crippen LogP contribution in [-0.2, 0) is 4.74 Å². The number of nitrogens with one attached hydrogen (secondary N) is 1. The number of ether oxygens (including phenoxy) is 1. The van der Waals surface area contributed by atoms with Crippen molar-refractivity contribution in [2.75, 3.05) is 0 Å². The van der Waals surface area contributed by atoms with Gasteiger partial charge in [0.25, 0.3) is 0 Å². The van der Waals surface area contributed by atoms with Crippen molar-refractivity contribution in [3.8, 4) is 0 Å². The van der Waals surface area contributed by atoms with E-state index in [9.17, 15) is 9.59 Å². The van der Waals surface area contributed by atoms with E-state index in [1.165, 1.54) is 0 Å². The molecule has 2 aromatic rings. The highest BCUT2D eigenvalue weighted by atomic mass is 16.6. The van der Waals surface area contributed by atoms with Gasteiger partial charge in [-0.15, -0.1) is 0 Å². The summed E-state index contributed by atoms with van der Waals surface area (Å²) in [6.07, 6.45) is 4.16. The molecule has 114 valence electrons. The normalized spacial score (nSPS) is 12.5. The molecule has 0 aliphatic heterocycles. The lowest BCUT2D eigenvalue weighted by Crippen LogP contribution is -2.29. The summed E-state index contributed by atoms with van der Waals surface area (Å²) in [4.78, 5) is 26.8. The molecule has 0 radical (unpaired) electrons. The third-order valence-electron chi connectivity index (χ3n) is 3.62. The summed E-state index contributed by atoms with van der Waals surface area (Å²) < 4.78 is 6.55. The number of carbonyl (C=O) groups excluding carboxylic acids is 1. The molecule has 0 spiro atoms. The van der Waals surface area contributed by atoms with E-state index in [1.807, 2.05) is 13.0 Å². The van der Waals surface area contributed by atoms with Crippen LogP contribution in [0.5, 0.6) is 0 Å². The van der Waals surface area contributed by atoms with Crippen LogP contribution in [-0.4, -0.2) is 21.7 Å². The van der Waals surface area contributed by atoms with Crippen LogP contribution in [0, 0.1) is 0 Å². The summed E-state index contributed by atoms with van der Waals surface area (Å²) in [7, 11) is 0. The fourth-order valence-electron chi connectivity index (χ4n) is 2.40. The monoisotopic (exact) mass is 290 g/mol. The zero-order valence-electron chi connectivity index (χ0n) is 12.6. The van der Waals surface area contributed by atoms with Gasteiger partial charge in [0.1, 0.15) is 6.10 Å². The molecule has 5 nitrogen and oxygen atoms in total. The maximum absolute atomic E-state index is 12.3. The second kappa shape index (κ2) is 7.11. The molecule has 1 N–H and O–H groups in total. The van der Waals surface area contributed by atoms with Crippen LogP contribution in [0.15, 0.2) is 29.1 Å². The first-order chi connectivity index (χ1) is 10.2. The largest absolute Gasteiger partial charge is 0.446 e. The predicted molar refractivity (Wildman–Crippen MR) is 82.7 cm³/mol. The predicted octanol–water partition coefficient (Wildman–Crippen LogP) is 3.67. The summed E-state index contributed by atoms with van der Waals surface area (Å²) in [6.45, 7) is 4.13. The molecule has 0 saturated heterocycles. The first kappa shape index (κ1) is 15.4. The Kier molecular flexibility index (Phi) is 5.20. The van der Waals surface area contributed by atoms with Crippen molar-refractivity contribution >= 4 is 17.1 Å². The van der Waals surface area contributed by atoms with E-state index in [4.69, 9.17) is 4.74 Å². The van der Waals surface area contributed by atoms with E-state index in [0.29, 0.717) is 11.0 Å². The molecule has 0 aliphatic carbocycles. The molecule has 21 heavy (non-hydrogen) atoms. The molecule has 0 aliphatic rings. The Labute approximate surface area is 123 Å². The van der Waals surface area contributed by atoms with Crippen LogP contribution in [0.3, 0.4) is 0 Å². The summed E-state index contributed by atoms with van der Waals surface area (Å²) >= 11 is 0. The number of aromatic amines is 1. The number of hydrogen-bond donors (Lipinski definition) is 1. The molecule has 2 rings (SSSR count). The van der Waals surface area contributed by atoms with Crippen molar-refractivity contribution in [1.82, 2.24) is 9.55 Å². The molecule has 0 saturated carbocycles. The molecule has 1 atom stereocenters. The maximum atomic E-state index is 12.3. The number of carbonyl (C=O) groups is 1. The van der Waals surface area contributed by atoms with Crippen molar-refractivity contribution in [3.63, 3.8) is 0 Å². The molecular formula is C16H22N2O3. The van der Waals surface area contributed by atoms with Crippen molar-refractivity contribution < 1.29 is 9.53 Å². The van der Waals surface area contributed by atoms with Gasteiger partial charge in [0.2, 0.25) is 0 Å². The minimum Gasteiger partial charge on any atom is -0.446 e. The van der Waals surface area contributed by atoms with Gasteiger partial charge in [-0.3, -0.25) is 0 Å². The lowest BCUT2D eigenvalue weighted by Gasteiger charge is -2.15. The minimum atomic E-state index is -0.596. The number of fused-ring (bicyclic) bond motifs is 1. The zero-order valence-corrected chi connectivity index (χ0v) is 12.6. The third-order valence-corrected chi connectivity index (χ3v) is 3.62. The Morgan fingerprint density at radius 2 is 2.05 bits per heavy atom. The van der Waals surface area contributed by atoms with Crippen LogP contribution in [0.25, 0.3) is 11.0 Å². The van der Waals surface area contributed by atoms with Crippen LogP contribution < -0.4 is 5.69 Å². The maximum Gasteiger partial charge on any atom is 0.423 e. The molecule has 0 amide bonds. The van der Waals surface area contributed by atoms with Gasteiger partial charge >= 0.3 is 11.8 Å². The number of imidazole rings is 1. The number of rotatable bonds is 6. The number of nitrogens with zero attached hydrogens (tertiary/aromatic N) is 1. The summed E-state index contributed by atoms with van der Waals surface area (Å²) in [5.74, 6) is 0. The van der Waals surface area contributed by atoms with Crippen LogP contribution >= 0.6 is 0 Å². The van der Waals surface area contributed by atoms with Gasteiger partial charge in [-0.2, -0.15) is 4.57 Å². The first-order valence-corrected chi connectivity index (χ1v) is 7.58. The Balaban J connectivity index is 2.14. The minimum absolute atomic E-state index is 0.135. The van der Waals surface area contributed by atoms with E-state index in [2.05, 4.69) is 11.9 Å². The van der Waals surface area contributed by atoms with E-state index in [-0.39, 0.29) is 6.10 Å². The fraction of sp³-hybridized carbons (Fsp3) is 0.500. The quantitative estimate of drug-likeness (QED) is 0.825. The Morgan fingerprint density at radius 3 is 2.76 bits per heavy atom. The van der Waals surface area contributed by atoms with E-state index in [1.54, 1.807) is 18.2 Å². The summed E-state index contributed by atoms with van der Waals surface area (Å²) in [5, 5.41) is 0. The second-order valence-corrected chi connectivity index (χ2v) is 5.19. The van der Waals surface area contributed by atoms with Gasteiger partial charge < -0.3 is 9.72 Å². The smallest absolute Gasteiger partial charge is 0.423 e. The number of aromatic nitrogens is 2. The third kappa shape index (κ3) is 3.54. The van der Waals surface area contributed by atoms with Gasteiger partial charge in [-0.05, 0) is 31.4 Å². The number of para-hydroxylation sites is 2. The highest BCUT2D eigenvalue weighted by molar-refractivity contribution is 5.86. The highest BCUT2D eigenvalue weighted by Crippen LogP contribution is 2.13. The zero-order chi connectivity index (χ0) is 15.2. The Morgan fingerprint density at radius 1 is 1.29 bits per heavy atom. The molecule has 5 heteroatoms. The van der Waals surface area contributed by atoms with Gasteiger partial charge in [-0.25, -0.2) is 9.59 Å². The molecule has 1 aromatic carbocycles. The van der Waals surface area contributed by atoms with Gasteiger partial charge in [0.15, 0.2) is 0 Å². The molecule has 0 fully saturated rings. The second-order valence-electron chi connectivity index (χ2n) is 5.19. The Hall–Kier alpha value is -2.04. The van der Waals surface area contributed by atoms with Crippen molar-refractivity contribution in [1.29, 1.82) is 0 Å². The molecule has 1 aromatic heterocycles. The molecular weight excluding hydrogens is 268 g/mol. The summed E-state index contributed by atoms with van der Waals surface area (Å²) in [5.41, 5.74) is 0.735. The number of unbranched alkanes of at least 4 members (excludes halogenated alkanes) is 2. The van der Waals surface area contributed by atoms with E-state index < -0.39 is 11.8 Å². The van der Waals surface area contributed by atoms with Crippen molar-refractivity contribution in [2.24, 2.45) is 0 Å². The van der Waals surface area contributed by atoms with E-state index >= 15 is 0 Å². The van der Waals surface area contributed by atoms with Crippen molar-refractivity contribution in [2.45, 2.75) is 52.1 Å². The van der Waals surface area contributed by atoms with Crippen LogP contribution in [0.4, 0.5) is 4.79 Å². The Bertz CT molecular complexity index is 657. The first-order valence-electron chi connectivity index (χ1n) is 7.58. The highest BCUT2D eigenvalue weighted by Gasteiger charge is 2.18. The standard InChI is InChI=1S/C16H22N2O3/c1-3-5-6-9-12(4-2)21-16(20)18-14-11-8-7-10-13(14)17-15(18)19/h7-8,10-12H,3-6,9H2,1-2H3,(H,17,19). The average molecular weight is 290 g/mol. The number of benzene rings is 1. The van der Waals surface area contributed by atoms with Gasteiger partial charge in [0.05, 0.1) is 11.0 Å².